The van der Waals surface area contributed by atoms with Crippen molar-refractivity contribution in [3.8, 4) is 45.8 Å². The number of benzene rings is 2. The molecule has 0 saturated heterocycles. The largest absolute Gasteiger partial charge is 0.494 e. The van der Waals surface area contributed by atoms with E-state index >= 15 is 0 Å². The summed E-state index contributed by atoms with van der Waals surface area (Å²) in [4.78, 5) is 4.62. The molecule has 0 spiro atoms. The number of methoxy groups -OCH3 is 1. The van der Waals surface area contributed by atoms with Crippen molar-refractivity contribution in [2.24, 2.45) is 0 Å². The monoisotopic (exact) mass is 486 g/mol. The van der Waals surface area contributed by atoms with E-state index in [-0.39, 0.29) is 0 Å². The Kier molecular flexibility index (Phi) is 11.1. The minimum atomic E-state index is 0.317. The molecule has 0 amide bonds. The van der Waals surface area contributed by atoms with Crippen LogP contribution in [-0.4, -0.2) is 25.3 Å². The highest BCUT2D eigenvalue weighted by Crippen LogP contribution is 2.34. The second-order valence-corrected chi connectivity index (χ2v) is 8.92. The van der Waals surface area contributed by atoms with E-state index in [2.05, 4.69) is 24.9 Å². The zero-order chi connectivity index (χ0) is 25.6. The molecule has 0 aliphatic heterocycles. The molecule has 0 fully saturated rings. The van der Waals surface area contributed by atoms with E-state index in [0.29, 0.717) is 18.1 Å². The lowest BCUT2D eigenvalue weighted by molar-refractivity contribution is 0.305. The highest BCUT2D eigenvalue weighted by Gasteiger charge is 2.16. The quantitative estimate of drug-likeness (QED) is 0.202. The molecular weight excluding hydrogens is 448 g/mol. The first-order valence-electron chi connectivity index (χ1n) is 13.2. The predicted molar refractivity (Wildman–Crippen MR) is 146 cm³/mol. The van der Waals surface area contributed by atoms with Crippen molar-refractivity contribution in [1.82, 2.24) is 4.98 Å². The van der Waals surface area contributed by atoms with Crippen molar-refractivity contribution in [3.05, 3.63) is 60.2 Å². The third kappa shape index (κ3) is 7.75. The van der Waals surface area contributed by atoms with E-state index in [0.717, 1.165) is 53.3 Å². The first kappa shape index (κ1) is 27.1. The molecule has 1 heterocycles. The Morgan fingerprint density at radius 2 is 1.25 bits per heavy atom. The zero-order valence-electron chi connectivity index (χ0n) is 21.9. The van der Waals surface area contributed by atoms with E-state index in [9.17, 15) is 5.26 Å². The first-order chi connectivity index (χ1) is 17.7. The number of unbranched alkanes of at least 4 members (excludes halogenated alkanes) is 6. The van der Waals surface area contributed by atoms with Crippen molar-refractivity contribution in [2.75, 3.05) is 20.3 Å². The molecule has 36 heavy (non-hydrogen) atoms. The Hall–Kier alpha value is -3.52. The van der Waals surface area contributed by atoms with Gasteiger partial charge in [-0.2, -0.15) is 5.26 Å². The SMILES string of the molecule is CCCCCCOc1ccc(-c2cc(-c3ccc(OCCCCCC)cc3)c(C#N)c(OC)n2)cc1. The number of aromatic nitrogens is 1. The minimum absolute atomic E-state index is 0.317. The summed E-state index contributed by atoms with van der Waals surface area (Å²) in [6, 6.07) is 20.0. The van der Waals surface area contributed by atoms with Gasteiger partial charge in [-0.05, 0) is 60.9 Å². The Morgan fingerprint density at radius 3 is 1.72 bits per heavy atom. The predicted octanol–water partition coefficient (Wildman–Crippen LogP) is 8.21. The summed E-state index contributed by atoms with van der Waals surface area (Å²) >= 11 is 0. The maximum atomic E-state index is 9.86. The summed E-state index contributed by atoms with van der Waals surface area (Å²) < 4.78 is 17.3. The van der Waals surface area contributed by atoms with Crippen molar-refractivity contribution < 1.29 is 14.2 Å². The van der Waals surface area contributed by atoms with Crippen LogP contribution < -0.4 is 14.2 Å². The second-order valence-electron chi connectivity index (χ2n) is 8.92. The minimum Gasteiger partial charge on any atom is -0.494 e. The molecule has 0 radical (unpaired) electrons. The fourth-order valence-corrected chi connectivity index (χ4v) is 4.04. The third-order valence-electron chi connectivity index (χ3n) is 6.14. The van der Waals surface area contributed by atoms with Crippen LogP contribution in [0.5, 0.6) is 17.4 Å². The van der Waals surface area contributed by atoms with Crippen LogP contribution in [0, 0.1) is 11.3 Å². The Balaban J connectivity index is 1.77. The van der Waals surface area contributed by atoms with E-state index in [1.54, 1.807) is 7.11 Å². The standard InChI is InChI=1S/C31H38N2O3/c1-4-6-8-10-20-35-26-16-12-24(13-17-26)28-22-30(33-31(34-3)29(28)23-32)25-14-18-27(19-15-25)36-21-11-9-7-5-2/h12-19,22H,4-11,20-21H2,1-3H3. The molecule has 0 unspecified atom stereocenters. The molecule has 0 N–H and O–H groups in total. The Labute approximate surface area is 216 Å². The van der Waals surface area contributed by atoms with Crippen molar-refractivity contribution in [1.29, 1.82) is 5.26 Å². The number of pyridine rings is 1. The van der Waals surface area contributed by atoms with Gasteiger partial charge >= 0.3 is 0 Å². The van der Waals surface area contributed by atoms with Gasteiger partial charge in [0.2, 0.25) is 5.88 Å². The molecule has 0 aliphatic rings. The molecule has 0 aliphatic carbocycles. The average molecular weight is 487 g/mol. The summed E-state index contributed by atoms with van der Waals surface area (Å²) in [6.45, 7) is 5.85. The van der Waals surface area contributed by atoms with Gasteiger partial charge in [-0.1, -0.05) is 64.5 Å². The normalized spacial score (nSPS) is 10.6. The third-order valence-corrected chi connectivity index (χ3v) is 6.14. The van der Waals surface area contributed by atoms with Crippen LogP contribution in [-0.2, 0) is 0 Å². The topological polar surface area (TPSA) is 64.4 Å². The number of rotatable bonds is 15. The van der Waals surface area contributed by atoms with Gasteiger partial charge in [-0.3, -0.25) is 0 Å². The van der Waals surface area contributed by atoms with Gasteiger partial charge in [-0.15, -0.1) is 0 Å². The van der Waals surface area contributed by atoms with Crippen LogP contribution in [0.1, 0.15) is 70.8 Å². The fraction of sp³-hybridized carbons (Fsp3) is 0.419. The summed E-state index contributed by atoms with van der Waals surface area (Å²) in [5.41, 5.74) is 3.79. The summed E-state index contributed by atoms with van der Waals surface area (Å²) in [5, 5.41) is 9.86. The van der Waals surface area contributed by atoms with Crippen LogP contribution in [0.25, 0.3) is 22.4 Å². The number of ether oxygens (including phenoxy) is 3. The highest BCUT2D eigenvalue weighted by atomic mass is 16.5. The molecule has 0 bridgehead atoms. The maximum Gasteiger partial charge on any atom is 0.232 e. The van der Waals surface area contributed by atoms with Crippen LogP contribution in [0.15, 0.2) is 54.6 Å². The lowest BCUT2D eigenvalue weighted by Crippen LogP contribution is -1.99. The van der Waals surface area contributed by atoms with E-state index < -0.39 is 0 Å². The van der Waals surface area contributed by atoms with Crippen molar-refractivity contribution >= 4 is 0 Å². The zero-order valence-corrected chi connectivity index (χ0v) is 21.9. The average Bonchev–Trinajstić information content (AvgIpc) is 2.92. The van der Waals surface area contributed by atoms with Crippen LogP contribution in [0.4, 0.5) is 0 Å². The summed E-state index contributed by atoms with van der Waals surface area (Å²) in [5.74, 6) is 2.00. The van der Waals surface area contributed by atoms with Gasteiger partial charge in [0.25, 0.3) is 0 Å². The second kappa shape index (κ2) is 14.8. The lowest BCUT2D eigenvalue weighted by atomic mass is 9.98. The van der Waals surface area contributed by atoms with Gasteiger partial charge < -0.3 is 14.2 Å². The molecule has 2 aromatic carbocycles. The maximum absolute atomic E-state index is 9.86. The van der Waals surface area contributed by atoms with Gasteiger partial charge in [0, 0.05) is 11.1 Å². The van der Waals surface area contributed by atoms with Crippen LogP contribution in [0.2, 0.25) is 0 Å². The molecular formula is C31H38N2O3. The Morgan fingerprint density at radius 1 is 0.722 bits per heavy atom. The molecule has 1 aromatic heterocycles. The summed E-state index contributed by atoms with van der Waals surface area (Å²) in [7, 11) is 1.54. The van der Waals surface area contributed by atoms with Gasteiger partial charge in [-0.25, -0.2) is 4.98 Å². The smallest absolute Gasteiger partial charge is 0.232 e. The molecule has 3 rings (SSSR count). The highest BCUT2D eigenvalue weighted by molar-refractivity contribution is 5.78. The van der Waals surface area contributed by atoms with E-state index in [1.165, 1.54) is 38.5 Å². The Bertz CT molecular complexity index is 1100. The van der Waals surface area contributed by atoms with Crippen LogP contribution >= 0.6 is 0 Å². The number of nitrogens with zero attached hydrogens (tertiary/aromatic N) is 2. The molecule has 0 atom stereocenters. The van der Waals surface area contributed by atoms with Gasteiger partial charge in [0.15, 0.2) is 0 Å². The lowest BCUT2D eigenvalue weighted by Gasteiger charge is -2.13. The van der Waals surface area contributed by atoms with Crippen molar-refractivity contribution in [2.45, 2.75) is 65.2 Å². The molecule has 3 aromatic rings. The molecule has 5 nitrogen and oxygen atoms in total. The van der Waals surface area contributed by atoms with Gasteiger partial charge in [0.1, 0.15) is 23.1 Å². The van der Waals surface area contributed by atoms with E-state index in [4.69, 9.17) is 14.2 Å². The first-order valence-corrected chi connectivity index (χ1v) is 13.2. The molecule has 0 saturated carbocycles. The van der Waals surface area contributed by atoms with Crippen LogP contribution in [0.3, 0.4) is 0 Å². The fourth-order valence-electron chi connectivity index (χ4n) is 4.04. The van der Waals surface area contributed by atoms with Crippen molar-refractivity contribution in [3.63, 3.8) is 0 Å². The van der Waals surface area contributed by atoms with E-state index in [1.807, 2.05) is 54.6 Å². The number of nitriles is 1. The molecule has 190 valence electrons. The number of hydrogen-bond donors (Lipinski definition) is 0. The summed E-state index contributed by atoms with van der Waals surface area (Å²) in [6.07, 6.45) is 9.41. The van der Waals surface area contributed by atoms with Gasteiger partial charge in [0.05, 0.1) is 26.0 Å². The molecule has 5 heteroatoms. The number of hydrogen-bond acceptors (Lipinski definition) is 5.